The molecule has 19 heavy (non-hydrogen) atoms. The van der Waals surface area contributed by atoms with E-state index < -0.39 is 8.60 Å². The molecule has 0 amide bonds. The second kappa shape index (κ2) is 9.19. The molecule has 0 radical (unpaired) electrons. The van der Waals surface area contributed by atoms with Gasteiger partial charge in [0.1, 0.15) is 18.7 Å². The van der Waals surface area contributed by atoms with Crippen LogP contribution in [0, 0.1) is 0 Å². The minimum Gasteiger partial charge on any atom is -0.293 e. The largest absolute Gasteiger partial charge is 0.337 e. The first-order valence-electron chi connectivity index (χ1n) is 6.44. The molecule has 0 aliphatic rings. The van der Waals surface area contributed by atoms with Crippen LogP contribution in [0.3, 0.4) is 0 Å². The van der Waals surface area contributed by atoms with Crippen molar-refractivity contribution in [3.8, 4) is 0 Å². The maximum atomic E-state index is 5.85. The third-order valence-electron chi connectivity index (χ3n) is 2.90. The Labute approximate surface area is 119 Å². The van der Waals surface area contributed by atoms with Gasteiger partial charge in [0, 0.05) is 0 Å². The van der Waals surface area contributed by atoms with Crippen LogP contribution in [0.1, 0.15) is 20.8 Å². The molecule has 0 aromatic carbocycles. The molecule has 3 atom stereocenters. The van der Waals surface area contributed by atoms with E-state index in [1.807, 2.05) is 77.8 Å². The highest BCUT2D eigenvalue weighted by atomic mass is 31.2. The molecule has 0 saturated carbocycles. The molecule has 0 rings (SSSR count). The van der Waals surface area contributed by atoms with Crippen molar-refractivity contribution in [2.45, 2.75) is 39.5 Å². The van der Waals surface area contributed by atoms with E-state index in [-0.39, 0.29) is 18.7 Å². The van der Waals surface area contributed by atoms with Crippen molar-refractivity contribution in [3.05, 3.63) is 0 Å². The Morgan fingerprint density at radius 2 is 0.789 bits per heavy atom. The lowest BCUT2D eigenvalue weighted by Gasteiger charge is -2.31. The summed E-state index contributed by atoms with van der Waals surface area (Å²) in [6, 6.07) is 0. The van der Waals surface area contributed by atoms with Gasteiger partial charge >= 0.3 is 8.60 Å². The zero-order chi connectivity index (χ0) is 15.2. The summed E-state index contributed by atoms with van der Waals surface area (Å²) < 4.78 is 17.5. The van der Waals surface area contributed by atoms with Crippen LogP contribution in [-0.4, -0.2) is 75.7 Å². The molecule has 0 bridgehead atoms. The predicted octanol–water partition coefficient (Wildman–Crippen LogP) is 1.99. The van der Waals surface area contributed by atoms with E-state index in [9.17, 15) is 0 Å². The van der Waals surface area contributed by atoms with Crippen LogP contribution in [0.15, 0.2) is 0 Å². The number of nitrogens with zero attached hydrogens (tertiary/aromatic N) is 3. The molecule has 116 valence electrons. The Bertz CT molecular complexity index is 204. The number of hydrogen-bond acceptors (Lipinski definition) is 6. The fraction of sp³-hybridized carbons (Fsp3) is 1.00. The van der Waals surface area contributed by atoms with Crippen molar-refractivity contribution in [1.82, 2.24) is 14.7 Å². The molecule has 0 spiro atoms. The van der Waals surface area contributed by atoms with Crippen LogP contribution in [0.5, 0.6) is 0 Å². The first-order valence-corrected chi connectivity index (χ1v) is 7.54. The van der Waals surface area contributed by atoms with E-state index in [1.54, 1.807) is 0 Å². The molecule has 0 heterocycles. The van der Waals surface area contributed by atoms with Crippen molar-refractivity contribution >= 4 is 8.60 Å². The van der Waals surface area contributed by atoms with Gasteiger partial charge in [0.15, 0.2) is 0 Å². The summed E-state index contributed by atoms with van der Waals surface area (Å²) in [7, 11) is 10.4. The van der Waals surface area contributed by atoms with E-state index in [0.717, 1.165) is 0 Å². The summed E-state index contributed by atoms with van der Waals surface area (Å²) in [6.45, 7) is 5.92. The third kappa shape index (κ3) is 8.15. The minimum atomic E-state index is -1.40. The van der Waals surface area contributed by atoms with E-state index in [2.05, 4.69) is 0 Å². The molecular weight excluding hydrogens is 265 g/mol. The molecule has 6 nitrogen and oxygen atoms in total. The number of hydrogen-bond donors (Lipinski definition) is 0. The van der Waals surface area contributed by atoms with Crippen LogP contribution in [0.4, 0.5) is 0 Å². The van der Waals surface area contributed by atoms with Crippen molar-refractivity contribution in [3.63, 3.8) is 0 Å². The average molecular weight is 295 g/mol. The fourth-order valence-electron chi connectivity index (χ4n) is 0.731. The van der Waals surface area contributed by atoms with Crippen LogP contribution >= 0.6 is 8.60 Å². The van der Waals surface area contributed by atoms with Gasteiger partial charge in [0.25, 0.3) is 0 Å². The van der Waals surface area contributed by atoms with Gasteiger partial charge in [0.05, 0.1) is 0 Å². The first kappa shape index (κ1) is 19.2. The van der Waals surface area contributed by atoms with Gasteiger partial charge in [-0.05, 0) is 63.1 Å². The monoisotopic (exact) mass is 295 g/mol. The van der Waals surface area contributed by atoms with Crippen LogP contribution in [-0.2, 0) is 13.6 Å². The highest BCUT2D eigenvalue weighted by Gasteiger charge is 2.24. The van der Waals surface area contributed by atoms with Gasteiger partial charge in [-0.15, -0.1) is 0 Å². The maximum Gasteiger partial charge on any atom is 0.337 e. The maximum absolute atomic E-state index is 5.85. The van der Waals surface area contributed by atoms with E-state index in [4.69, 9.17) is 13.6 Å². The fourth-order valence-corrected chi connectivity index (χ4v) is 2.19. The molecule has 7 heteroatoms. The molecular formula is C12H30N3O3P. The van der Waals surface area contributed by atoms with Crippen LogP contribution in [0.2, 0.25) is 0 Å². The summed E-state index contributed by atoms with van der Waals surface area (Å²) in [5, 5.41) is 0. The van der Waals surface area contributed by atoms with Crippen LogP contribution < -0.4 is 0 Å². The van der Waals surface area contributed by atoms with Crippen molar-refractivity contribution < 1.29 is 13.6 Å². The zero-order valence-electron chi connectivity index (χ0n) is 13.7. The molecule has 0 N–H and O–H groups in total. The highest BCUT2D eigenvalue weighted by molar-refractivity contribution is 7.41. The first-order chi connectivity index (χ1) is 8.65. The lowest BCUT2D eigenvalue weighted by molar-refractivity contribution is -0.0209. The predicted molar refractivity (Wildman–Crippen MR) is 79.6 cm³/mol. The molecule has 0 saturated heterocycles. The van der Waals surface area contributed by atoms with Gasteiger partial charge in [-0.2, -0.15) is 0 Å². The average Bonchev–Trinajstić information content (AvgIpc) is 2.27. The molecule has 0 aliphatic heterocycles. The topological polar surface area (TPSA) is 37.4 Å². The zero-order valence-corrected chi connectivity index (χ0v) is 14.6. The lowest BCUT2D eigenvalue weighted by atomic mass is 10.6. The second-order valence-electron chi connectivity index (χ2n) is 5.23. The summed E-state index contributed by atoms with van der Waals surface area (Å²) in [6.07, 6.45) is -0.181. The highest BCUT2D eigenvalue weighted by Crippen LogP contribution is 2.44. The normalized spacial score (nSPS) is 18.9. The molecule has 0 aliphatic carbocycles. The van der Waals surface area contributed by atoms with Gasteiger partial charge in [-0.1, -0.05) is 0 Å². The van der Waals surface area contributed by atoms with Gasteiger partial charge in [-0.3, -0.25) is 28.3 Å². The van der Waals surface area contributed by atoms with Crippen LogP contribution in [0.25, 0.3) is 0 Å². The Balaban J connectivity index is 4.54. The third-order valence-corrected chi connectivity index (χ3v) is 4.33. The Kier molecular flexibility index (Phi) is 9.28. The molecule has 0 fully saturated rings. The smallest absolute Gasteiger partial charge is 0.293 e. The summed E-state index contributed by atoms with van der Waals surface area (Å²) in [5.41, 5.74) is 0. The molecule has 0 aromatic rings. The van der Waals surface area contributed by atoms with E-state index in [0.29, 0.717) is 0 Å². The number of rotatable bonds is 9. The summed E-state index contributed by atoms with van der Waals surface area (Å²) >= 11 is 0. The van der Waals surface area contributed by atoms with Gasteiger partial charge < -0.3 is 0 Å². The standard InChI is InChI=1S/C12H30N3O3P/c1-10(13(4)5)16-19(17-11(2)14(6)7)18-12(3)15(8)9/h10-12H,1-9H3. The van der Waals surface area contributed by atoms with Crippen molar-refractivity contribution in [2.24, 2.45) is 0 Å². The van der Waals surface area contributed by atoms with Crippen molar-refractivity contribution in [2.75, 3.05) is 42.3 Å². The van der Waals surface area contributed by atoms with Gasteiger partial charge in [0.2, 0.25) is 0 Å². The lowest BCUT2D eigenvalue weighted by Crippen LogP contribution is -2.32. The molecule has 3 unspecified atom stereocenters. The summed E-state index contributed by atoms with van der Waals surface area (Å²) in [5.74, 6) is 0. The Hall–Kier alpha value is 0.190. The SMILES string of the molecule is CC(OP(OC(C)N(C)C)OC(C)N(C)C)N(C)C. The Morgan fingerprint density at radius 3 is 0.947 bits per heavy atom. The molecule has 0 aromatic heterocycles. The minimum absolute atomic E-state index is 0.0603. The van der Waals surface area contributed by atoms with E-state index >= 15 is 0 Å². The Morgan fingerprint density at radius 1 is 0.579 bits per heavy atom. The quantitative estimate of drug-likeness (QED) is 0.478. The van der Waals surface area contributed by atoms with Gasteiger partial charge in [-0.25, -0.2) is 0 Å². The summed E-state index contributed by atoms with van der Waals surface area (Å²) in [4.78, 5) is 5.92. The van der Waals surface area contributed by atoms with Crippen molar-refractivity contribution in [1.29, 1.82) is 0 Å². The second-order valence-corrected chi connectivity index (χ2v) is 6.31. The van der Waals surface area contributed by atoms with E-state index in [1.165, 1.54) is 0 Å².